The molecule has 5 rings (SSSR count). The number of aromatic nitrogens is 4. The van der Waals surface area contributed by atoms with Crippen LogP contribution in [0, 0.1) is 11.7 Å². The van der Waals surface area contributed by atoms with Gasteiger partial charge in [-0.2, -0.15) is 4.98 Å². The van der Waals surface area contributed by atoms with E-state index in [9.17, 15) is 4.79 Å². The van der Waals surface area contributed by atoms with Crippen molar-refractivity contribution in [2.75, 3.05) is 18.4 Å². The summed E-state index contributed by atoms with van der Waals surface area (Å²) in [6.45, 7) is 6.13. The van der Waals surface area contributed by atoms with Crippen LogP contribution in [0.4, 0.5) is 10.1 Å². The predicted molar refractivity (Wildman–Crippen MR) is 189 cm³/mol. The molecule has 0 radical (unpaired) electrons. The van der Waals surface area contributed by atoms with Gasteiger partial charge in [-0.15, -0.1) is 0 Å². The number of pyridine rings is 1. The second-order valence-corrected chi connectivity index (χ2v) is 12.5. The zero-order valence-corrected chi connectivity index (χ0v) is 27.4. The van der Waals surface area contributed by atoms with Crippen molar-refractivity contribution in [3.8, 4) is 16.9 Å². The number of H-pyrrole nitrogens is 1. The second-order valence-electron chi connectivity index (χ2n) is 12.1. The highest BCUT2D eigenvalue weighted by Gasteiger charge is 2.16. The molecule has 0 amide bonds. The van der Waals surface area contributed by atoms with Crippen molar-refractivity contribution in [1.82, 2.24) is 24.8 Å². The fourth-order valence-corrected chi connectivity index (χ4v) is 5.64. The van der Waals surface area contributed by atoms with Crippen LogP contribution >= 0.6 is 11.6 Å². The van der Waals surface area contributed by atoms with Gasteiger partial charge in [-0.1, -0.05) is 44.0 Å². The normalized spacial score (nSPS) is 12.0. The Morgan fingerprint density at radius 1 is 1.06 bits per heavy atom. The van der Waals surface area contributed by atoms with Gasteiger partial charge in [0.25, 0.3) is 0 Å². The van der Waals surface area contributed by atoms with E-state index >= 15 is 4.39 Å². The first-order valence-electron chi connectivity index (χ1n) is 15.8. The topological polar surface area (TPSA) is 152 Å². The van der Waals surface area contributed by atoms with Gasteiger partial charge in [-0.3, -0.25) is 14.5 Å². The molecular formula is C35H41ClFN9O. The number of aromatic amines is 1. The number of aliphatic imine (C=N–C) groups is 1. The van der Waals surface area contributed by atoms with E-state index in [1.54, 1.807) is 30.7 Å². The van der Waals surface area contributed by atoms with Gasteiger partial charge in [0.2, 0.25) is 0 Å². The molecule has 0 spiro atoms. The number of hydrogen-bond acceptors (Lipinski definition) is 6. The Bertz CT molecular complexity index is 1870. The molecule has 0 unspecified atom stereocenters. The van der Waals surface area contributed by atoms with Gasteiger partial charge in [0.05, 0.1) is 16.4 Å². The van der Waals surface area contributed by atoms with Crippen LogP contribution in [-0.2, 0) is 13.0 Å². The number of hydrogen-bond donors (Lipinski definition) is 5. The number of benzene rings is 2. The number of anilines is 1. The molecule has 3 heterocycles. The van der Waals surface area contributed by atoms with Gasteiger partial charge in [0.15, 0.2) is 11.8 Å². The van der Waals surface area contributed by atoms with Crippen molar-refractivity contribution >= 4 is 34.3 Å². The van der Waals surface area contributed by atoms with E-state index < -0.39 is 11.5 Å². The lowest BCUT2D eigenvalue weighted by molar-refractivity contribution is 0.503. The van der Waals surface area contributed by atoms with Crippen molar-refractivity contribution in [2.45, 2.75) is 52.1 Å². The third-order valence-corrected chi connectivity index (χ3v) is 8.22. The molecule has 0 saturated carbocycles. The van der Waals surface area contributed by atoms with E-state index in [2.05, 4.69) is 44.4 Å². The van der Waals surface area contributed by atoms with E-state index in [0.29, 0.717) is 53.5 Å². The number of aryl methyl sites for hydroxylation is 1. The van der Waals surface area contributed by atoms with Crippen LogP contribution < -0.4 is 27.8 Å². The molecular weight excluding hydrogens is 617 g/mol. The first-order chi connectivity index (χ1) is 22.7. The Balaban J connectivity index is 1.29. The number of nitrogens with zero attached hydrogens (tertiary/aromatic N) is 4. The lowest BCUT2D eigenvalue weighted by atomic mass is 10.00. The minimum atomic E-state index is -0.503. The molecule has 0 fully saturated rings. The van der Waals surface area contributed by atoms with Crippen LogP contribution in [0.5, 0.6) is 0 Å². The zero-order valence-electron chi connectivity index (χ0n) is 26.6. The molecule has 5 aromatic rings. The fraction of sp³-hybridized carbons (Fsp3) is 0.314. The summed E-state index contributed by atoms with van der Waals surface area (Å²) in [5, 5.41) is 7.74. The maximum atomic E-state index is 15.2. The van der Waals surface area contributed by atoms with Crippen LogP contribution in [0.25, 0.3) is 28.0 Å². The first kappa shape index (κ1) is 33.6. The summed E-state index contributed by atoms with van der Waals surface area (Å²) in [5.41, 5.74) is 15.5. The van der Waals surface area contributed by atoms with E-state index in [-0.39, 0.29) is 17.0 Å². The van der Waals surface area contributed by atoms with E-state index in [4.69, 9.17) is 23.1 Å². The largest absolute Gasteiger partial charge is 0.383 e. The lowest BCUT2D eigenvalue weighted by Gasteiger charge is -2.19. The lowest BCUT2D eigenvalue weighted by Crippen LogP contribution is -2.36. The van der Waals surface area contributed by atoms with Crippen molar-refractivity contribution in [3.63, 3.8) is 0 Å². The standard InChI is InChI=1S/C35H41ClFN9O/c1-22(2)4-3-5-24-16-29(32(37)30(36)17-24)31-18-25-21-46(35(47)45-33(25)44-31)28-8-6-23(7-9-28)19-42-27(12-15-41-34(38)39)20-43-26-10-13-40-14-11-26/h6-11,13-14,16-18,21-22,27,42H,3-5,12,15,19-20H2,1-2H3,(H,40,43)(H4,38,39,41)(H,44,45,47)/t27-/m1/s1. The summed E-state index contributed by atoms with van der Waals surface area (Å²) < 4.78 is 16.7. The quantitative estimate of drug-likeness (QED) is 0.0707. The monoisotopic (exact) mass is 657 g/mol. The minimum absolute atomic E-state index is 0.0681. The highest BCUT2D eigenvalue weighted by atomic mass is 35.5. The van der Waals surface area contributed by atoms with Crippen LogP contribution in [0.3, 0.4) is 0 Å². The third-order valence-electron chi connectivity index (χ3n) is 7.95. The van der Waals surface area contributed by atoms with Crippen molar-refractivity contribution in [1.29, 1.82) is 0 Å². The number of halogens is 2. The van der Waals surface area contributed by atoms with Crippen LogP contribution in [0.15, 0.2) is 83.0 Å². The minimum Gasteiger partial charge on any atom is -0.383 e. The van der Waals surface area contributed by atoms with E-state index in [1.165, 1.54) is 4.57 Å². The van der Waals surface area contributed by atoms with Gasteiger partial charge in [0, 0.05) is 60.9 Å². The summed E-state index contributed by atoms with van der Waals surface area (Å²) in [6, 6.07) is 16.9. The smallest absolute Gasteiger partial charge is 0.354 e. The number of nitrogens with two attached hydrogens (primary N) is 2. The summed E-state index contributed by atoms with van der Waals surface area (Å²) in [7, 11) is 0. The Labute approximate surface area is 278 Å². The summed E-state index contributed by atoms with van der Waals surface area (Å²) in [5.74, 6) is 0.160. The highest BCUT2D eigenvalue weighted by Crippen LogP contribution is 2.31. The van der Waals surface area contributed by atoms with Crippen molar-refractivity contribution < 1.29 is 4.39 Å². The maximum Gasteiger partial charge on any atom is 0.354 e. The first-order valence-corrected chi connectivity index (χ1v) is 16.2. The van der Waals surface area contributed by atoms with Gasteiger partial charge in [-0.05, 0) is 78.8 Å². The molecule has 0 bridgehead atoms. The number of fused-ring (bicyclic) bond motifs is 1. The Morgan fingerprint density at radius 3 is 2.55 bits per heavy atom. The molecule has 47 heavy (non-hydrogen) atoms. The predicted octanol–water partition coefficient (Wildman–Crippen LogP) is 5.78. The van der Waals surface area contributed by atoms with Crippen molar-refractivity contribution in [3.05, 3.63) is 106 Å². The number of nitrogens with one attached hydrogen (secondary N) is 3. The molecule has 12 heteroatoms. The van der Waals surface area contributed by atoms with Gasteiger partial charge < -0.3 is 27.1 Å². The molecule has 2 aromatic carbocycles. The zero-order chi connectivity index (χ0) is 33.3. The number of guanidine groups is 1. The molecule has 0 saturated heterocycles. The van der Waals surface area contributed by atoms with Crippen LogP contribution in [-0.4, -0.2) is 44.6 Å². The van der Waals surface area contributed by atoms with E-state index in [1.807, 2.05) is 42.5 Å². The Kier molecular flexibility index (Phi) is 11.2. The molecule has 0 aliphatic heterocycles. The Hall–Kier alpha value is -4.74. The Morgan fingerprint density at radius 2 is 1.83 bits per heavy atom. The van der Waals surface area contributed by atoms with Gasteiger partial charge in [-0.25, -0.2) is 9.18 Å². The average molecular weight is 658 g/mol. The van der Waals surface area contributed by atoms with E-state index in [0.717, 1.165) is 42.5 Å². The molecule has 1 atom stereocenters. The second kappa shape index (κ2) is 15.7. The molecule has 7 N–H and O–H groups in total. The summed E-state index contributed by atoms with van der Waals surface area (Å²) in [6.07, 6.45) is 8.80. The van der Waals surface area contributed by atoms with Crippen LogP contribution in [0.1, 0.15) is 44.2 Å². The number of rotatable bonds is 15. The molecule has 0 aliphatic carbocycles. The SMILES string of the molecule is CC(C)CCCc1cc(Cl)c(F)c(-c2cc3cn(-c4ccc(CN[C@H](CCN=C(N)N)CNc5ccncc5)cc4)c(=O)nc3[nH]2)c1. The molecule has 3 aromatic heterocycles. The van der Waals surface area contributed by atoms with Crippen molar-refractivity contribution in [2.24, 2.45) is 22.4 Å². The highest BCUT2D eigenvalue weighted by molar-refractivity contribution is 6.31. The average Bonchev–Trinajstić information content (AvgIpc) is 3.46. The molecule has 0 aliphatic rings. The molecule has 246 valence electrons. The summed E-state index contributed by atoms with van der Waals surface area (Å²) >= 11 is 6.28. The third kappa shape index (κ3) is 9.17. The fourth-order valence-electron chi connectivity index (χ4n) is 5.40. The van der Waals surface area contributed by atoms with Gasteiger partial charge >= 0.3 is 5.69 Å². The maximum absolute atomic E-state index is 15.2. The summed E-state index contributed by atoms with van der Waals surface area (Å²) in [4.78, 5) is 28.6. The van der Waals surface area contributed by atoms with Crippen LogP contribution in [0.2, 0.25) is 5.02 Å². The molecule has 10 nitrogen and oxygen atoms in total. The van der Waals surface area contributed by atoms with Gasteiger partial charge in [0.1, 0.15) is 5.65 Å².